The maximum Gasteiger partial charge on any atom is 0.337 e. The van der Waals surface area contributed by atoms with Crippen LogP contribution in [0.2, 0.25) is 0 Å². The van der Waals surface area contributed by atoms with E-state index in [9.17, 15) is 14.4 Å². The third-order valence-electron chi connectivity index (χ3n) is 3.55. The van der Waals surface area contributed by atoms with Gasteiger partial charge in [-0.25, -0.2) is 9.59 Å². The van der Waals surface area contributed by atoms with Gasteiger partial charge in [-0.05, 0) is 30.7 Å². The van der Waals surface area contributed by atoms with Crippen molar-refractivity contribution in [3.05, 3.63) is 65.2 Å². The normalized spacial score (nSPS) is 9.92. The quantitative estimate of drug-likeness (QED) is 0.692. The van der Waals surface area contributed by atoms with Gasteiger partial charge in [0.15, 0.2) is 0 Å². The van der Waals surface area contributed by atoms with E-state index in [0.717, 1.165) is 11.1 Å². The molecule has 0 unspecified atom stereocenters. The van der Waals surface area contributed by atoms with Gasteiger partial charge in [0.05, 0.1) is 19.2 Å². The minimum atomic E-state index is -0.491. The minimum Gasteiger partial charge on any atom is -0.465 e. The summed E-state index contributed by atoms with van der Waals surface area (Å²) in [6.45, 7) is 2.17. The summed E-state index contributed by atoms with van der Waals surface area (Å²) in [6.07, 6.45) is 0. The van der Waals surface area contributed by atoms with Gasteiger partial charge in [-0.3, -0.25) is 4.79 Å². The lowest BCUT2D eigenvalue weighted by molar-refractivity contribution is -0.115. The molecular formula is C19H21N3O4. The number of urea groups is 1. The van der Waals surface area contributed by atoms with Crippen molar-refractivity contribution in [3.63, 3.8) is 0 Å². The lowest BCUT2D eigenvalue weighted by Gasteiger charge is -2.09. The lowest BCUT2D eigenvalue weighted by Crippen LogP contribution is -2.39. The predicted octanol–water partition coefficient (Wildman–Crippen LogP) is 2.22. The third-order valence-corrected chi connectivity index (χ3v) is 3.55. The molecule has 0 atom stereocenters. The first-order chi connectivity index (χ1) is 12.5. The highest BCUT2D eigenvalue weighted by atomic mass is 16.5. The summed E-state index contributed by atoms with van der Waals surface area (Å²) in [5.41, 5.74) is 2.88. The molecule has 0 bridgehead atoms. The van der Waals surface area contributed by atoms with Crippen LogP contribution in [-0.2, 0) is 16.1 Å². The SMILES string of the molecule is COC(=O)c1cccc(NC(=O)CNC(=O)NCc2ccc(C)cc2)c1. The van der Waals surface area contributed by atoms with Crippen LogP contribution in [0.1, 0.15) is 21.5 Å². The molecule has 136 valence electrons. The Kier molecular flexibility index (Phi) is 6.73. The molecule has 0 spiro atoms. The number of nitrogens with one attached hydrogen (secondary N) is 3. The molecule has 3 amide bonds. The Morgan fingerprint density at radius 2 is 1.73 bits per heavy atom. The molecule has 0 aliphatic carbocycles. The van der Waals surface area contributed by atoms with Gasteiger partial charge in [-0.2, -0.15) is 0 Å². The summed E-state index contributed by atoms with van der Waals surface area (Å²) >= 11 is 0. The van der Waals surface area contributed by atoms with E-state index in [2.05, 4.69) is 20.7 Å². The maximum atomic E-state index is 11.9. The highest BCUT2D eigenvalue weighted by Gasteiger charge is 2.09. The second-order valence-corrected chi connectivity index (χ2v) is 5.64. The van der Waals surface area contributed by atoms with E-state index in [1.807, 2.05) is 31.2 Å². The van der Waals surface area contributed by atoms with Crippen molar-refractivity contribution in [1.82, 2.24) is 10.6 Å². The number of rotatable bonds is 6. The van der Waals surface area contributed by atoms with Gasteiger partial charge in [-0.15, -0.1) is 0 Å². The maximum absolute atomic E-state index is 11.9. The molecule has 0 heterocycles. The fraction of sp³-hybridized carbons (Fsp3) is 0.211. The van der Waals surface area contributed by atoms with Crippen molar-refractivity contribution in [2.45, 2.75) is 13.5 Å². The average Bonchev–Trinajstić information content (AvgIpc) is 2.65. The molecule has 0 aromatic heterocycles. The summed E-state index contributed by atoms with van der Waals surface area (Å²) in [5.74, 6) is -0.896. The summed E-state index contributed by atoms with van der Waals surface area (Å²) in [6, 6.07) is 13.7. The first-order valence-corrected chi connectivity index (χ1v) is 8.03. The van der Waals surface area contributed by atoms with Crippen LogP contribution >= 0.6 is 0 Å². The second-order valence-electron chi connectivity index (χ2n) is 5.64. The number of carbonyl (C=O) groups is 3. The summed E-state index contributed by atoms with van der Waals surface area (Å²) in [5, 5.41) is 7.76. The van der Waals surface area contributed by atoms with Gasteiger partial charge in [0.1, 0.15) is 0 Å². The molecule has 26 heavy (non-hydrogen) atoms. The Morgan fingerprint density at radius 1 is 1.00 bits per heavy atom. The zero-order valence-electron chi connectivity index (χ0n) is 14.7. The Balaban J connectivity index is 1.76. The van der Waals surface area contributed by atoms with Crippen molar-refractivity contribution >= 4 is 23.6 Å². The van der Waals surface area contributed by atoms with E-state index in [4.69, 9.17) is 0 Å². The van der Waals surface area contributed by atoms with Crippen LogP contribution in [0.4, 0.5) is 10.5 Å². The first kappa shape index (κ1) is 19.0. The number of carbonyl (C=O) groups excluding carboxylic acids is 3. The number of hydrogen-bond acceptors (Lipinski definition) is 4. The number of ether oxygens (including phenoxy) is 1. The molecule has 3 N–H and O–H groups in total. The van der Waals surface area contributed by atoms with Crippen molar-refractivity contribution in [2.24, 2.45) is 0 Å². The van der Waals surface area contributed by atoms with Crippen LogP contribution in [0.15, 0.2) is 48.5 Å². The molecule has 0 saturated heterocycles. The van der Waals surface area contributed by atoms with Gasteiger partial charge in [-0.1, -0.05) is 35.9 Å². The molecule has 0 saturated carbocycles. The van der Waals surface area contributed by atoms with Crippen molar-refractivity contribution in [2.75, 3.05) is 19.0 Å². The van der Waals surface area contributed by atoms with Crippen LogP contribution in [0.3, 0.4) is 0 Å². The standard InChI is InChI=1S/C19H21N3O4/c1-13-6-8-14(9-7-13)11-20-19(25)21-12-17(23)22-16-5-3-4-15(10-16)18(24)26-2/h3-10H,11-12H2,1-2H3,(H,22,23)(H2,20,21,25). The lowest BCUT2D eigenvalue weighted by atomic mass is 10.1. The third kappa shape index (κ3) is 5.94. The van der Waals surface area contributed by atoms with E-state index >= 15 is 0 Å². The second kappa shape index (κ2) is 9.22. The molecule has 2 aromatic carbocycles. The molecule has 0 aliphatic rings. The predicted molar refractivity (Wildman–Crippen MR) is 97.8 cm³/mol. The van der Waals surface area contributed by atoms with E-state index < -0.39 is 17.9 Å². The summed E-state index contributed by atoms with van der Waals surface area (Å²) < 4.78 is 4.63. The zero-order chi connectivity index (χ0) is 18.9. The van der Waals surface area contributed by atoms with Gasteiger partial charge < -0.3 is 20.7 Å². The monoisotopic (exact) mass is 355 g/mol. The zero-order valence-corrected chi connectivity index (χ0v) is 14.7. The van der Waals surface area contributed by atoms with Crippen molar-refractivity contribution in [1.29, 1.82) is 0 Å². The molecule has 0 aliphatic heterocycles. The Hall–Kier alpha value is -3.35. The van der Waals surface area contributed by atoms with Gasteiger partial charge in [0, 0.05) is 12.2 Å². The highest BCUT2D eigenvalue weighted by molar-refractivity contribution is 5.96. The van der Waals surface area contributed by atoms with E-state index in [-0.39, 0.29) is 6.54 Å². The Labute approximate surface area is 151 Å². The average molecular weight is 355 g/mol. The number of hydrogen-bond donors (Lipinski definition) is 3. The van der Waals surface area contributed by atoms with Crippen LogP contribution in [-0.4, -0.2) is 31.6 Å². The summed E-state index contributed by atoms with van der Waals surface area (Å²) in [7, 11) is 1.28. The number of aryl methyl sites for hydroxylation is 1. The fourth-order valence-corrected chi connectivity index (χ4v) is 2.16. The number of methoxy groups -OCH3 is 1. The largest absolute Gasteiger partial charge is 0.465 e. The molecule has 2 rings (SSSR count). The molecular weight excluding hydrogens is 334 g/mol. The molecule has 2 aromatic rings. The number of esters is 1. The molecule has 7 heteroatoms. The van der Waals surface area contributed by atoms with E-state index in [1.165, 1.54) is 13.2 Å². The van der Waals surface area contributed by atoms with Gasteiger partial charge in [0.25, 0.3) is 0 Å². The molecule has 7 nitrogen and oxygen atoms in total. The molecule has 0 radical (unpaired) electrons. The minimum absolute atomic E-state index is 0.192. The fourth-order valence-electron chi connectivity index (χ4n) is 2.16. The smallest absolute Gasteiger partial charge is 0.337 e. The summed E-state index contributed by atoms with van der Waals surface area (Å²) in [4.78, 5) is 35.1. The Bertz CT molecular complexity index is 788. The number of anilines is 1. The van der Waals surface area contributed by atoms with Crippen LogP contribution in [0.25, 0.3) is 0 Å². The van der Waals surface area contributed by atoms with Crippen LogP contribution in [0, 0.1) is 6.92 Å². The van der Waals surface area contributed by atoms with Crippen molar-refractivity contribution < 1.29 is 19.1 Å². The van der Waals surface area contributed by atoms with Gasteiger partial charge >= 0.3 is 12.0 Å². The Morgan fingerprint density at radius 3 is 2.42 bits per heavy atom. The topological polar surface area (TPSA) is 96.5 Å². The van der Waals surface area contributed by atoms with Gasteiger partial charge in [0.2, 0.25) is 5.91 Å². The number of amides is 3. The first-order valence-electron chi connectivity index (χ1n) is 8.03. The highest BCUT2D eigenvalue weighted by Crippen LogP contribution is 2.11. The van der Waals surface area contributed by atoms with Crippen LogP contribution < -0.4 is 16.0 Å². The number of benzene rings is 2. The molecule has 0 fully saturated rings. The van der Waals surface area contributed by atoms with Crippen molar-refractivity contribution in [3.8, 4) is 0 Å². The van der Waals surface area contributed by atoms with Crippen LogP contribution in [0.5, 0.6) is 0 Å². The van der Waals surface area contributed by atoms with E-state index in [0.29, 0.717) is 17.8 Å². The van der Waals surface area contributed by atoms with E-state index in [1.54, 1.807) is 18.2 Å².